The molecule has 0 bridgehead atoms. The number of nitrogens with zero attached hydrogens (tertiary/aromatic N) is 4. The largest absolute Gasteiger partial charge is 0.496 e. The topological polar surface area (TPSA) is 227 Å². The fraction of sp³-hybridized carbons (Fsp3) is 0.556. The van der Waals surface area contributed by atoms with E-state index in [4.69, 9.17) is 28.7 Å². The molecule has 2 aromatic rings. The minimum Gasteiger partial charge on any atom is -0.496 e. The summed E-state index contributed by atoms with van der Waals surface area (Å²) in [6.07, 6.45) is 1.16. The van der Waals surface area contributed by atoms with E-state index in [0.29, 0.717) is 68.9 Å². The number of nitrogens with one attached hydrogen (secondary N) is 2. The van der Waals surface area contributed by atoms with E-state index in [1.165, 1.54) is 49.9 Å². The number of rotatable bonds is 14. The van der Waals surface area contributed by atoms with Gasteiger partial charge in [0.15, 0.2) is 0 Å². The quantitative estimate of drug-likeness (QED) is 0.110. The minimum absolute atomic E-state index is 0.250. The summed E-state index contributed by atoms with van der Waals surface area (Å²) >= 11 is 2.72. The lowest BCUT2D eigenvalue weighted by atomic mass is 9.98. The Bertz CT molecular complexity index is 1770. The molecule has 296 valence electrons. The number of ether oxygens (including phenoxy) is 2. The molecule has 4 atom stereocenters. The first-order valence-electron chi connectivity index (χ1n) is 17.2. The number of methoxy groups -OCH3 is 2. The van der Waals surface area contributed by atoms with Gasteiger partial charge in [-0.2, -0.15) is 0 Å². The predicted octanol–water partition coefficient (Wildman–Crippen LogP) is 5.21. The molecule has 0 unspecified atom stereocenters. The average molecular weight is 791 g/mol. The van der Waals surface area contributed by atoms with Crippen LogP contribution in [-0.4, -0.2) is 80.5 Å². The zero-order valence-corrected chi connectivity index (χ0v) is 33.8. The van der Waals surface area contributed by atoms with Crippen LogP contribution in [0.1, 0.15) is 91.8 Å². The lowest BCUT2D eigenvalue weighted by Gasteiger charge is -2.25. The van der Waals surface area contributed by atoms with Crippen molar-refractivity contribution in [2.45, 2.75) is 91.4 Å². The maximum absolute atomic E-state index is 12.9. The molecule has 0 fully saturated rings. The zero-order valence-electron chi connectivity index (χ0n) is 32.2. The normalized spacial score (nSPS) is 21.1. The van der Waals surface area contributed by atoms with Crippen molar-refractivity contribution in [3.8, 4) is 11.5 Å². The van der Waals surface area contributed by atoms with Crippen molar-refractivity contribution in [1.82, 2.24) is 10.6 Å². The van der Waals surface area contributed by atoms with Crippen LogP contribution in [0, 0.1) is 11.8 Å². The summed E-state index contributed by atoms with van der Waals surface area (Å²) < 4.78 is 20.9. The summed E-state index contributed by atoms with van der Waals surface area (Å²) in [6.45, 7) is 14.8. The number of carbonyl (C=O) groups excluding carboxylic acids is 2. The van der Waals surface area contributed by atoms with Crippen LogP contribution >= 0.6 is 23.5 Å². The highest BCUT2D eigenvalue weighted by atomic mass is 32.2. The van der Waals surface area contributed by atoms with Crippen LogP contribution in [-0.2, 0) is 9.59 Å². The first kappa shape index (κ1) is 43.8. The monoisotopic (exact) mass is 790 g/mol. The summed E-state index contributed by atoms with van der Waals surface area (Å²) in [5.74, 6) is 2.22. The van der Waals surface area contributed by atoms with Crippen molar-refractivity contribution in [3.05, 3.63) is 56.6 Å². The fourth-order valence-corrected chi connectivity index (χ4v) is 7.53. The van der Waals surface area contributed by atoms with Gasteiger partial charge in [0.1, 0.15) is 55.6 Å². The Hall–Kier alpha value is -4.58. The Kier molecular flexibility index (Phi) is 15.5. The second kappa shape index (κ2) is 19.1. The van der Waals surface area contributed by atoms with Crippen LogP contribution in [0.25, 0.3) is 0 Å². The predicted molar refractivity (Wildman–Crippen MR) is 210 cm³/mol. The minimum atomic E-state index is -1.000. The van der Waals surface area contributed by atoms with Crippen LogP contribution in [0.4, 0.5) is 0 Å². The molecule has 0 spiro atoms. The molecule has 0 saturated carbocycles. The van der Waals surface area contributed by atoms with E-state index in [1.54, 1.807) is 39.8 Å². The average Bonchev–Trinajstić information content (AvgIpc) is 3.74. The third-order valence-electron chi connectivity index (χ3n) is 8.28. The molecule has 0 saturated heterocycles. The summed E-state index contributed by atoms with van der Waals surface area (Å²) in [4.78, 5) is 58.3. The standard InChI is InChI=1S/2C18H25N3O5S/c2*1-10(2)6-13(14-7-12(25-5)8-15(22)26-14)19-17(23)18(4)9-27-16(20-18)11(3)21-24/h2*7-8,10,13,24H,6,9H2,1-5H3,(H,19,23)/b21-11+;21-11-/t2*13-,18+/m11/s1. The van der Waals surface area contributed by atoms with Gasteiger partial charge in [0.05, 0.1) is 38.4 Å². The van der Waals surface area contributed by atoms with E-state index in [0.717, 1.165) is 0 Å². The summed E-state index contributed by atoms with van der Waals surface area (Å²) in [5.41, 5.74) is -2.33. The van der Waals surface area contributed by atoms with Gasteiger partial charge >= 0.3 is 11.3 Å². The maximum atomic E-state index is 12.9. The zero-order chi connectivity index (χ0) is 40.4. The molecule has 2 amide bonds. The number of thioether (sulfide) groups is 2. The third kappa shape index (κ3) is 11.7. The van der Waals surface area contributed by atoms with E-state index >= 15 is 0 Å². The first-order valence-corrected chi connectivity index (χ1v) is 19.2. The molecule has 2 aliphatic rings. The van der Waals surface area contributed by atoms with Gasteiger partial charge in [0.2, 0.25) is 11.8 Å². The molecule has 0 aliphatic carbocycles. The summed E-state index contributed by atoms with van der Waals surface area (Å²) in [7, 11) is 2.93. The van der Waals surface area contributed by atoms with Crippen LogP contribution in [0.2, 0.25) is 0 Å². The Morgan fingerprint density at radius 3 is 1.41 bits per heavy atom. The van der Waals surface area contributed by atoms with Gasteiger partial charge in [-0.15, -0.1) is 23.5 Å². The van der Waals surface area contributed by atoms with E-state index < -0.39 is 34.4 Å². The SMILES string of the molecule is COc1cc([C@@H](CC(C)C)NC(=O)[C@]2(C)CSC(/C(C)=N/O)=N2)oc(=O)c1.COc1cc([C@@H](CC(C)C)NC(=O)[C@]2(C)CSC(/C(C)=N\O)=N2)oc(=O)c1. The van der Waals surface area contributed by atoms with Gasteiger partial charge in [-0.1, -0.05) is 38.0 Å². The van der Waals surface area contributed by atoms with Gasteiger partial charge in [-0.05, 0) is 52.4 Å². The number of hydrogen-bond donors (Lipinski definition) is 4. The van der Waals surface area contributed by atoms with Crippen molar-refractivity contribution < 1.29 is 38.3 Å². The first-order chi connectivity index (χ1) is 25.4. The van der Waals surface area contributed by atoms with Crippen molar-refractivity contribution in [3.63, 3.8) is 0 Å². The van der Waals surface area contributed by atoms with Crippen LogP contribution < -0.4 is 31.4 Å². The highest BCUT2D eigenvalue weighted by molar-refractivity contribution is 8.16. The number of amides is 2. The van der Waals surface area contributed by atoms with Crippen molar-refractivity contribution in [1.29, 1.82) is 0 Å². The number of oxime groups is 2. The number of carbonyl (C=O) groups is 2. The van der Waals surface area contributed by atoms with Crippen molar-refractivity contribution in [2.24, 2.45) is 32.1 Å². The van der Waals surface area contributed by atoms with E-state index in [9.17, 15) is 19.2 Å². The summed E-state index contributed by atoms with van der Waals surface area (Å²) in [5, 5.41) is 31.1. The van der Waals surface area contributed by atoms with Crippen molar-refractivity contribution in [2.75, 3.05) is 25.7 Å². The molecule has 16 nitrogen and oxygen atoms in total. The smallest absolute Gasteiger partial charge is 0.339 e. The van der Waals surface area contributed by atoms with Gasteiger partial charge in [0.25, 0.3) is 0 Å². The lowest BCUT2D eigenvalue weighted by molar-refractivity contribution is -0.126. The van der Waals surface area contributed by atoms with Gasteiger partial charge in [-0.25, -0.2) is 9.59 Å². The van der Waals surface area contributed by atoms with Gasteiger partial charge in [0, 0.05) is 23.6 Å². The molecule has 18 heteroatoms. The molecular weight excluding hydrogens is 741 g/mol. The molecule has 4 heterocycles. The van der Waals surface area contributed by atoms with E-state index in [-0.39, 0.29) is 23.7 Å². The van der Waals surface area contributed by atoms with Crippen LogP contribution in [0.5, 0.6) is 11.5 Å². The van der Waals surface area contributed by atoms with Gasteiger partial charge in [-0.3, -0.25) is 19.6 Å². The Morgan fingerprint density at radius 1 is 0.759 bits per heavy atom. The Morgan fingerprint density at radius 2 is 1.11 bits per heavy atom. The maximum Gasteiger partial charge on any atom is 0.339 e. The van der Waals surface area contributed by atoms with Crippen LogP contribution in [0.3, 0.4) is 0 Å². The molecule has 0 radical (unpaired) electrons. The third-order valence-corrected chi connectivity index (χ3v) is 11.0. The van der Waals surface area contributed by atoms with Gasteiger partial charge < -0.3 is 39.4 Å². The molecule has 54 heavy (non-hydrogen) atoms. The van der Waals surface area contributed by atoms with E-state index in [2.05, 4.69) is 30.9 Å². The number of aliphatic imine (C=N–C) groups is 2. The molecule has 4 rings (SSSR count). The molecular formula is C36H50N6O10S2. The highest BCUT2D eigenvalue weighted by Gasteiger charge is 2.41. The van der Waals surface area contributed by atoms with Crippen molar-refractivity contribution >= 4 is 56.8 Å². The Labute approximate surface area is 322 Å². The Balaban J connectivity index is 0.000000290. The lowest BCUT2D eigenvalue weighted by Crippen LogP contribution is -2.45. The second-order valence-corrected chi connectivity index (χ2v) is 16.0. The number of hydrogen-bond acceptors (Lipinski definition) is 16. The summed E-state index contributed by atoms with van der Waals surface area (Å²) in [6, 6.07) is 4.73. The fourth-order valence-electron chi connectivity index (χ4n) is 5.27. The molecule has 4 N–H and O–H groups in total. The van der Waals surface area contributed by atoms with Crippen LogP contribution in [0.15, 0.2) is 63.0 Å². The molecule has 0 aromatic carbocycles. The second-order valence-electron chi connectivity index (χ2n) is 14.1. The highest BCUT2D eigenvalue weighted by Crippen LogP contribution is 2.32. The molecule has 2 aromatic heterocycles. The molecule has 2 aliphatic heterocycles. The van der Waals surface area contributed by atoms with E-state index in [1.807, 2.05) is 27.7 Å².